The van der Waals surface area contributed by atoms with Crippen molar-refractivity contribution in [3.8, 4) is 5.75 Å². The van der Waals surface area contributed by atoms with E-state index in [4.69, 9.17) is 16.3 Å². The van der Waals surface area contributed by atoms with Gasteiger partial charge < -0.3 is 9.64 Å². The molecule has 2 amide bonds. The maximum atomic E-state index is 13.5. The van der Waals surface area contributed by atoms with Crippen LogP contribution in [-0.2, 0) is 17.9 Å². The van der Waals surface area contributed by atoms with E-state index in [0.29, 0.717) is 36.0 Å². The molecule has 0 unspecified atom stereocenters. The quantitative estimate of drug-likeness (QED) is 0.260. The van der Waals surface area contributed by atoms with Crippen molar-refractivity contribution >= 4 is 35.2 Å². The molecule has 1 fully saturated rings. The van der Waals surface area contributed by atoms with Gasteiger partial charge in [-0.05, 0) is 59.2 Å². The highest BCUT2D eigenvalue weighted by atomic mass is 35.5. The summed E-state index contributed by atoms with van der Waals surface area (Å²) in [6, 6.07) is 32.7. The first-order chi connectivity index (χ1) is 20.0. The molecule has 0 saturated carbocycles. The lowest BCUT2D eigenvalue weighted by Gasteiger charge is -2.34. The summed E-state index contributed by atoms with van der Waals surface area (Å²) in [5.74, 6) is 0.639. The van der Waals surface area contributed by atoms with Gasteiger partial charge in [0, 0.05) is 43.3 Å². The van der Waals surface area contributed by atoms with E-state index < -0.39 is 0 Å². The lowest BCUT2D eigenvalue weighted by atomic mass is 10.1. The van der Waals surface area contributed by atoms with Gasteiger partial charge in [0.1, 0.15) is 0 Å². The fourth-order valence-corrected chi connectivity index (χ4v) is 5.32. The van der Waals surface area contributed by atoms with Gasteiger partial charge in [-0.3, -0.25) is 19.4 Å². The Morgan fingerprint density at radius 2 is 1.41 bits per heavy atom. The molecule has 0 radical (unpaired) electrons. The molecule has 4 aromatic rings. The number of piperazine rings is 1. The fourth-order valence-electron chi connectivity index (χ4n) is 5.20. The first-order valence-corrected chi connectivity index (χ1v) is 14.1. The normalized spacial score (nSPS) is 16.4. The Kier molecular flexibility index (Phi) is 7.85. The number of ether oxygens (including phenoxy) is 1. The highest BCUT2D eigenvalue weighted by Crippen LogP contribution is 2.36. The average Bonchev–Trinajstić information content (AvgIpc) is 3.01. The number of hydrogen-bond donors (Lipinski definition) is 0. The van der Waals surface area contributed by atoms with Crippen molar-refractivity contribution in [2.45, 2.75) is 13.1 Å². The van der Waals surface area contributed by atoms with E-state index >= 15 is 0 Å². The number of halogens is 1. The second kappa shape index (κ2) is 12.0. The number of fused-ring (bicyclic) bond motifs is 1. The zero-order chi connectivity index (χ0) is 28.2. The summed E-state index contributed by atoms with van der Waals surface area (Å²) in [6.45, 7) is 4.37. The summed E-state index contributed by atoms with van der Waals surface area (Å²) in [5, 5.41) is 0.648. The molecule has 6 nitrogen and oxygen atoms in total. The molecule has 41 heavy (non-hydrogen) atoms. The molecule has 0 aromatic heterocycles. The molecule has 6 rings (SSSR count). The molecule has 2 aliphatic rings. The van der Waals surface area contributed by atoms with Crippen LogP contribution in [-0.4, -0.2) is 47.8 Å². The van der Waals surface area contributed by atoms with Crippen molar-refractivity contribution < 1.29 is 14.3 Å². The second-order valence-corrected chi connectivity index (χ2v) is 10.7. The van der Waals surface area contributed by atoms with Crippen LogP contribution in [0.2, 0.25) is 5.02 Å². The first kappa shape index (κ1) is 26.8. The molecule has 0 bridgehead atoms. The number of nitrogens with zero attached hydrogens (tertiary/aromatic N) is 3. The van der Waals surface area contributed by atoms with Crippen molar-refractivity contribution in [2.24, 2.45) is 0 Å². The van der Waals surface area contributed by atoms with Crippen LogP contribution in [0.1, 0.15) is 27.0 Å². The first-order valence-electron chi connectivity index (χ1n) is 13.7. The Morgan fingerprint density at radius 3 is 2.15 bits per heavy atom. The molecular weight excluding hydrogens is 534 g/mol. The van der Waals surface area contributed by atoms with Gasteiger partial charge in [-0.15, -0.1) is 0 Å². The lowest BCUT2D eigenvalue weighted by molar-refractivity contribution is -0.117. The Bertz CT molecular complexity index is 1560. The summed E-state index contributed by atoms with van der Waals surface area (Å²) in [7, 11) is 0. The highest BCUT2D eigenvalue weighted by molar-refractivity contribution is 6.30. The van der Waals surface area contributed by atoms with Gasteiger partial charge in [0.05, 0.1) is 12.2 Å². The van der Waals surface area contributed by atoms with Crippen LogP contribution in [0.5, 0.6) is 5.75 Å². The zero-order valence-electron chi connectivity index (χ0n) is 22.6. The van der Waals surface area contributed by atoms with Crippen LogP contribution in [0.15, 0.2) is 109 Å². The Labute approximate surface area is 245 Å². The Hall–Kier alpha value is -4.39. The monoisotopic (exact) mass is 563 g/mol. The average molecular weight is 564 g/mol. The molecule has 0 aliphatic carbocycles. The summed E-state index contributed by atoms with van der Waals surface area (Å²) < 4.78 is 6.03. The van der Waals surface area contributed by atoms with E-state index in [0.717, 1.165) is 36.4 Å². The van der Waals surface area contributed by atoms with Crippen molar-refractivity contribution in [3.63, 3.8) is 0 Å². The Morgan fingerprint density at radius 1 is 0.756 bits per heavy atom. The molecule has 2 aliphatic heterocycles. The number of hydrogen-bond acceptors (Lipinski definition) is 4. The largest absolute Gasteiger partial charge is 0.449 e. The predicted octanol–water partition coefficient (Wildman–Crippen LogP) is 6.26. The van der Waals surface area contributed by atoms with Crippen LogP contribution in [0, 0.1) is 0 Å². The third-order valence-electron chi connectivity index (χ3n) is 7.45. The van der Waals surface area contributed by atoms with Gasteiger partial charge in [0.25, 0.3) is 11.8 Å². The molecule has 206 valence electrons. The summed E-state index contributed by atoms with van der Waals surface area (Å²) in [5.41, 5.74) is 4.38. The van der Waals surface area contributed by atoms with Crippen LogP contribution in [0.3, 0.4) is 0 Å². The van der Waals surface area contributed by atoms with E-state index in [1.54, 1.807) is 11.0 Å². The number of benzene rings is 4. The van der Waals surface area contributed by atoms with Crippen molar-refractivity contribution in [3.05, 3.63) is 136 Å². The number of rotatable bonds is 6. The number of para-hydroxylation sites is 2. The minimum atomic E-state index is -0.229. The smallest absolute Gasteiger partial charge is 0.294 e. The third-order valence-corrected chi connectivity index (χ3v) is 7.70. The van der Waals surface area contributed by atoms with E-state index in [-0.39, 0.29) is 17.6 Å². The standard InChI is InChI=1S/C34H30ClN3O3/c35-29-16-12-27(13-17-29)24-38-30-8-4-5-9-31(30)41-32(34(38)40)22-25-10-14-28(15-11-25)33(39)37-20-18-36(19-21-37)23-26-6-2-1-3-7-26/h1-17,22H,18-21,23-24H2. The summed E-state index contributed by atoms with van der Waals surface area (Å²) in [4.78, 5) is 32.7. The van der Waals surface area contributed by atoms with E-state index in [9.17, 15) is 9.59 Å². The van der Waals surface area contributed by atoms with Gasteiger partial charge >= 0.3 is 0 Å². The van der Waals surface area contributed by atoms with E-state index in [2.05, 4.69) is 29.2 Å². The van der Waals surface area contributed by atoms with Crippen molar-refractivity contribution in [1.82, 2.24) is 9.80 Å². The number of amides is 2. The topological polar surface area (TPSA) is 53.1 Å². The second-order valence-electron chi connectivity index (χ2n) is 10.3. The van der Waals surface area contributed by atoms with Gasteiger partial charge in [-0.25, -0.2) is 0 Å². The van der Waals surface area contributed by atoms with Crippen molar-refractivity contribution in [1.29, 1.82) is 0 Å². The molecule has 0 atom stereocenters. The zero-order valence-corrected chi connectivity index (χ0v) is 23.3. The van der Waals surface area contributed by atoms with Crippen molar-refractivity contribution in [2.75, 3.05) is 31.1 Å². The van der Waals surface area contributed by atoms with Gasteiger partial charge in [0.15, 0.2) is 11.5 Å². The molecule has 4 aromatic carbocycles. The number of anilines is 1. The van der Waals surface area contributed by atoms with Gasteiger partial charge in [-0.1, -0.05) is 78.3 Å². The third kappa shape index (κ3) is 6.19. The minimum Gasteiger partial charge on any atom is -0.449 e. The van der Waals surface area contributed by atoms with Gasteiger partial charge in [0.2, 0.25) is 0 Å². The summed E-state index contributed by atoms with van der Waals surface area (Å²) in [6.07, 6.45) is 1.73. The molecule has 2 heterocycles. The van der Waals surface area contributed by atoms with E-state index in [1.807, 2.05) is 83.8 Å². The maximum Gasteiger partial charge on any atom is 0.294 e. The van der Waals surface area contributed by atoms with Crippen LogP contribution >= 0.6 is 11.6 Å². The number of carbonyl (C=O) groups is 2. The van der Waals surface area contributed by atoms with Gasteiger partial charge in [-0.2, -0.15) is 0 Å². The molecular formula is C34H30ClN3O3. The van der Waals surface area contributed by atoms with Crippen LogP contribution < -0.4 is 9.64 Å². The Balaban J connectivity index is 1.13. The lowest BCUT2D eigenvalue weighted by Crippen LogP contribution is -2.48. The van der Waals surface area contributed by atoms with Crippen LogP contribution in [0.4, 0.5) is 5.69 Å². The summed E-state index contributed by atoms with van der Waals surface area (Å²) >= 11 is 6.05. The van der Waals surface area contributed by atoms with Crippen LogP contribution in [0.25, 0.3) is 6.08 Å². The maximum absolute atomic E-state index is 13.5. The molecule has 0 spiro atoms. The molecule has 0 N–H and O–H groups in total. The molecule has 7 heteroatoms. The highest BCUT2D eigenvalue weighted by Gasteiger charge is 2.30. The SMILES string of the molecule is O=C(c1ccc(C=C2Oc3ccccc3N(Cc3ccc(Cl)cc3)C2=O)cc1)N1CCN(Cc2ccccc2)CC1. The predicted molar refractivity (Wildman–Crippen MR) is 162 cm³/mol. The number of carbonyl (C=O) groups excluding carboxylic acids is 2. The fraction of sp³-hybridized carbons (Fsp3) is 0.176. The molecule has 1 saturated heterocycles. The van der Waals surface area contributed by atoms with E-state index in [1.165, 1.54) is 5.56 Å². The minimum absolute atomic E-state index is 0.0247.